The molecular weight excluding hydrogens is 236 g/mol. The number of carbonyl (C=O) groups is 1. The molecule has 1 aromatic rings. The number of nitrogens with zero attached hydrogens (tertiary/aromatic N) is 1. The van der Waals surface area contributed by atoms with Crippen LogP contribution in [0.3, 0.4) is 0 Å². The van der Waals surface area contributed by atoms with Crippen molar-refractivity contribution in [2.45, 2.75) is 53.1 Å². The standard InChI is InChI=1S/C16H24N2O/c1-10-7-11(2)14(12(3)8-10)18-9-16(5,6)17-13(4)15(18)19/h7-8,13,17H,9H2,1-6H3. The third kappa shape index (κ3) is 2.66. The molecule has 3 nitrogen and oxygen atoms in total. The molecule has 0 saturated carbocycles. The zero-order chi connectivity index (χ0) is 14.4. The number of benzene rings is 1. The lowest BCUT2D eigenvalue weighted by molar-refractivity contribution is -0.122. The monoisotopic (exact) mass is 260 g/mol. The van der Waals surface area contributed by atoms with Crippen LogP contribution in [-0.2, 0) is 4.79 Å². The molecule has 2 rings (SSSR count). The summed E-state index contributed by atoms with van der Waals surface area (Å²) in [6, 6.07) is 4.16. The number of amides is 1. The zero-order valence-electron chi connectivity index (χ0n) is 12.8. The molecule has 0 spiro atoms. The third-order valence-corrected chi connectivity index (χ3v) is 3.70. The number of hydrogen-bond acceptors (Lipinski definition) is 2. The Labute approximate surface area is 116 Å². The van der Waals surface area contributed by atoms with E-state index in [1.807, 2.05) is 11.8 Å². The summed E-state index contributed by atoms with van der Waals surface area (Å²) in [5.74, 6) is 0.161. The molecule has 19 heavy (non-hydrogen) atoms. The summed E-state index contributed by atoms with van der Waals surface area (Å²) in [5, 5.41) is 3.36. The topological polar surface area (TPSA) is 32.3 Å². The van der Waals surface area contributed by atoms with Gasteiger partial charge in [-0.05, 0) is 52.7 Å². The van der Waals surface area contributed by atoms with E-state index in [0.29, 0.717) is 6.54 Å². The van der Waals surface area contributed by atoms with Crippen molar-refractivity contribution in [3.05, 3.63) is 28.8 Å². The molecule has 1 atom stereocenters. The SMILES string of the molecule is Cc1cc(C)c(N2CC(C)(C)NC(C)C2=O)c(C)c1. The number of aryl methyl sites for hydroxylation is 3. The largest absolute Gasteiger partial charge is 0.309 e. The normalized spacial score (nSPS) is 22.7. The molecule has 1 aliphatic rings. The number of carbonyl (C=O) groups excluding carboxylic acids is 1. The Hall–Kier alpha value is -1.35. The molecule has 0 radical (unpaired) electrons. The molecular formula is C16H24N2O. The van der Waals surface area contributed by atoms with Gasteiger partial charge in [0.2, 0.25) is 5.91 Å². The van der Waals surface area contributed by atoms with Crippen molar-refractivity contribution in [2.24, 2.45) is 0 Å². The Bertz CT molecular complexity index is 496. The third-order valence-electron chi connectivity index (χ3n) is 3.70. The van der Waals surface area contributed by atoms with Gasteiger partial charge in [0.15, 0.2) is 0 Å². The summed E-state index contributed by atoms with van der Waals surface area (Å²) in [5.41, 5.74) is 4.62. The maximum absolute atomic E-state index is 12.5. The molecule has 1 saturated heterocycles. The maximum atomic E-state index is 12.5. The highest BCUT2D eigenvalue weighted by Crippen LogP contribution is 2.30. The predicted octanol–water partition coefficient (Wildman–Crippen LogP) is 2.72. The Balaban J connectivity index is 2.48. The summed E-state index contributed by atoms with van der Waals surface area (Å²) >= 11 is 0. The quantitative estimate of drug-likeness (QED) is 0.842. The van der Waals surface area contributed by atoms with Crippen LogP contribution >= 0.6 is 0 Å². The van der Waals surface area contributed by atoms with E-state index in [4.69, 9.17) is 0 Å². The van der Waals surface area contributed by atoms with Crippen molar-refractivity contribution >= 4 is 11.6 Å². The van der Waals surface area contributed by atoms with Crippen LogP contribution in [0.25, 0.3) is 0 Å². The van der Waals surface area contributed by atoms with Crippen LogP contribution in [0.1, 0.15) is 37.5 Å². The van der Waals surface area contributed by atoms with Gasteiger partial charge in [-0.2, -0.15) is 0 Å². The van der Waals surface area contributed by atoms with Crippen molar-refractivity contribution < 1.29 is 4.79 Å². The second kappa shape index (κ2) is 4.64. The number of nitrogens with one attached hydrogen (secondary N) is 1. The Kier molecular flexibility index (Phi) is 3.43. The predicted molar refractivity (Wildman–Crippen MR) is 79.7 cm³/mol. The van der Waals surface area contributed by atoms with E-state index in [0.717, 1.165) is 5.69 Å². The average molecular weight is 260 g/mol. The van der Waals surface area contributed by atoms with Gasteiger partial charge in [0.1, 0.15) is 0 Å². The highest BCUT2D eigenvalue weighted by molar-refractivity contribution is 5.99. The minimum atomic E-state index is -0.135. The van der Waals surface area contributed by atoms with E-state index in [9.17, 15) is 4.79 Å². The van der Waals surface area contributed by atoms with Gasteiger partial charge in [-0.15, -0.1) is 0 Å². The molecule has 0 bridgehead atoms. The molecule has 3 heteroatoms. The fourth-order valence-corrected chi connectivity index (χ4v) is 3.19. The maximum Gasteiger partial charge on any atom is 0.243 e. The lowest BCUT2D eigenvalue weighted by Crippen LogP contribution is -2.64. The van der Waals surface area contributed by atoms with Gasteiger partial charge >= 0.3 is 0 Å². The van der Waals surface area contributed by atoms with Crippen LogP contribution in [0.15, 0.2) is 12.1 Å². The highest BCUT2D eigenvalue weighted by Gasteiger charge is 2.37. The Morgan fingerprint density at radius 3 is 2.26 bits per heavy atom. The summed E-state index contributed by atoms with van der Waals surface area (Å²) in [7, 11) is 0. The van der Waals surface area contributed by atoms with Crippen molar-refractivity contribution in [3.63, 3.8) is 0 Å². The first-order valence-electron chi connectivity index (χ1n) is 6.88. The highest BCUT2D eigenvalue weighted by atomic mass is 16.2. The van der Waals surface area contributed by atoms with Gasteiger partial charge in [0.25, 0.3) is 0 Å². The second-order valence-electron chi connectivity index (χ2n) is 6.42. The molecule has 1 unspecified atom stereocenters. The molecule has 0 aliphatic carbocycles. The first kappa shape index (κ1) is 14.1. The smallest absolute Gasteiger partial charge is 0.243 e. The Morgan fingerprint density at radius 2 is 1.74 bits per heavy atom. The van der Waals surface area contributed by atoms with E-state index < -0.39 is 0 Å². The van der Waals surface area contributed by atoms with E-state index in [2.05, 4.69) is 52.1 Å². The molecule has 0 aromatic heterocycles. The molecule has 1 heterocycles. The van der Waals surface area contributed by atoms with Gasteiger partial charge in [-0.3, -0.25) is 10.1 Å². The molecule has 104 valence electrons. The first-order chi connectivity index (χ1) is 8.71. The fourth-order valence-electron chi connectivity index (χ4n) is 3.19. The zero-order valence-corrected chi connectivity index (χ0v) is 12.8. The van der Waals surface area contributed by atoms with Gasteiger partial charge in [-0.25, -0.2) is 0 Å². The van der Waals surface area contributed by atoms with E-state index in [1.54, 1.807) is 0 Å². The van der Waals surface area contributed by atoms with Crippen LogP contribution in [-0.4, -0.2) is 24.0 Å². The summed E-state index contributed by atoms with van der Waals surface area (Å²) in [6.45, 7) is 13.2. The summed E-state index contributed by atoms with van der Waals surface area (Å²) < 4.78 is 0. The van der Waals surface area contributed by atoms with Crippen LogP contribution in [0.4, 0.5) is 5.69 Å². The van der Waals surface area contributed by atoms with Crippen LogP contribution < -0.4 is 10.2 Å². The molecule has 1 amide bonds. The van der Waals surface area contributed by atoms with Crippen molar-refractivity contribution in [2.75, 3.05) is 11.4 Å². The number of anilines is 1. The minimum Gasteiger partial charge on any atom is -0.309 e. The molecule has 1 N–H and O–H groups in total. The molecule has 1 aromatic carbocycles. The lowest BCUT2D eigenvalue weighted by Gasteiger charge is -2.43. The summed E-state index contributed by atoms with van der Waals surface area (Å²) in [4.78, 5) is 14.4. The van der Waals surface area contributed by atoms with Crippen molar-refractivity contribution in [1.29, 1.82) is 0 Å². The number of piperazine rings is 1. The van der Waals surface area contributed by atoms with E-state index in [1.165, 1.54) is 16.7 Å². The van der Waals surface area contributed by atoms with Gasteiger partial charge in [0, 0.05) is 17.8 Å². The fraction of sp³-hybridized carbons (Fsp3) is 0.562. The average Bonchev–Trinajstić information content (AvgIpc) is 2.22. The number of hydrogen-bond donors (Lipinski definition) is 1. The molecule has 1 aliphatic heterocycles. The van der Waals surface area contributed by atoms with Crippen LogP contribution in [0.5, 0.6) is 0 Å². The lowest BCUT2D eigenvalue weighted by atomic mass is 9.95. The van der Waals surface area contributed by atoms with E-state index >= 15 is 0 Å². The minimum absolute atomic E-state index is 0.0584. The van der Waals surface area contributed by atoms with Gasteiger partial charge in [0.05, 0.1) is 6.04 Å². The van der Waals surface area contributed by atoms with E-state index in [-0.39, 0.29) is 17.5 Å². The van der Waals surface area contributed by atoms with Crippen LogP contribution in [0.2, 0.25) is 0 Å². The number of rotatable bonds is 1. The van der Waals surface area contributed by atoms with Crippen molar-refractivity contribution in [3.8, 4) is 0 Å². The van der Waals surface area contributed by atoms with Gasteiger partial charge in [-0.1, -0.05) is 17.7 Å². The van der Waals surface area contributed by atoms with Crippen LogP contribution in [0, 0.1) is 20.8 Å². The van der Waals surface area contributed by atoms with Gasteiger partial charge < -0.3 is 4.90 Å². The Morgan fingerprint density at radius 1 is 1.21 bits per heavy atom. The van der Waals surface area contributed by atoms with Crippen molar-refractivity contribution in [1.82, 2.24) is 5.32 Å². The first-order valence-corrected chi connectivity index (χ1v) is 6.88. The molecule has 1 fully saturated rings. The second-order valence-corrected chi connectivity index (χ2v) is 6.42. The summed E-state index contributed by atoms with van der Waals surface area (Å²) in [6.07, 6.45) is 0.